The first kappa shape index (κ1) is 18.0. The van der Waals surface area contributed by atoms with E-state index in [1.54, 1.807) is 20.0 Å². The molecule has 26 heavy (non-hydrogen) atoms. The van der Waals surface area contributed by atoms with E-state index in [0.717, 1.165) is 31.7 Å². The van der Waals surface area contributed by atoms with E-state index in [2.05, 4.69) is 30.4 Å². The summed E-state index contributed by atoms with van der Waals surface area (Å²) >= 11 is 0. The second-order valence-electron chi connectivity index (χ2n) is 6.65. The molecule has 2 aromatic heterocycles. The number of anilines is 1. The third-order valence-corrected chi connectivity index (χ3v) is 4.61. The first-order valence-electron chi connectivity index (χ1n) is 8.91. The highest BCUT2D eigenvalue weighted by atomic mass is 16.1. The van der Waals surface area contributed by atoms with Crippen LogP contribution in [0.25, 0.3) is 0 Å². The van der Waals surface area contributed by atoms with Crippen LogP contribution < -0.4 is 15.8 Å². The summed E-state index contributed by atoms with van der Waals surface area (Å²) in [6.07, 6.45) is 4.24. The van der Waals surface area contributed by atoms with E-state index in [9.17, 15) is 9.59 Å². The fourth-order valence-corrected chi connectivity index (χ4v) is 3.35. The molecule has 1 atom stereocenters. The first-order chi connectivity index (χ1) is 12.5. The largest absolute Gasteiger partial charge is 0.353 e. The van der Waals surface area contributed by atoms with Crippen LogP contribution in [0.2, 0.25) is 0 Å². The molecule has 138 valence electrons. The highest BCUT2D eigenvalue weighted by molar-refractivity contribution is 5.76. The monoisotopic (exact) mass is 356 g/mol. The molecule has 0 bridgehead atoms. The molecule has 8 heteroatoms. The lowest BCUT2D eigenvalue weighted by Crippen LogP contribution is -2.48. The Kier molecular flexibility index (Phi) is 5.60. The van der Waals surface area contributed by atoms with Crippen molar-refractivity contribution in [2.75, 3.05) is 18.0 Å². The Morgan fingerprint density at radius 1 is 1.42 bits per heavy atom. The summed E-state index contributed by atoms with van der Waals surface area (Å²) < 4.78 is 0. The van der Waals surface area contributed by atoms with Gasteiger partial charge in [0.05, 0.1) is 0 Å². The molecule has 8 nitrogen and oxygen atoms in total. The number of rotatable bonds is 5. The van der Waals surface area contributed by atoms with Crippen molar-refractivity contribution in [2.24, 2.45) is 0 Å². The maximum Gasteiger partial charge on any atom is 0.254 e. The smallest absolute Gasteiger partial charge is 0.254 e. The zero-order valence-electron chi connectivity index (χ0n) is 15.2. The van der Waals surface area contributed by atoms with Crippen molar-refractivity contribution in [3.05, 3.63) is 45.8 Å². The molecule has 3 rings (SSSR count). The molecule has 1 saturated heterocycles. The van der Waals surface area contributed by atoms with Gasteiger partial charge in [0.15, 0.2) is 5.82 Å². The van der Waals surface area contributed by atoms with Crippen molar-refractivity contribution in [1.82, 2.24) is 25.5 Å². The quantitative estimate of drug-likeness (QED) is 0.825. The minimum absolute atomic E-state index is 0.0460. The molecule has 0 aromatic carbocycles. The van der Waals surface area contributed by atoms with E-state index in [1.165, 1.54) is 0 Å². The third kappa shape index (κ3) is 4.44. The molecule has 1 fully saturated rings. The number of aromatic nitrogens is 4. The molecular weight excluding hydrogens is 332 g/mol. The molecule has 0 saturated carbocycles. The summed E-state index contributed by atoms with van der Waals surface area (Å²) in [5.41, 5.74) is 1.11. The summed E-state index contributed by atoms with van der Waals surface area (Å²) in [7, 11) is 0. The fraction of sp³-hybridized carbons (Fsp3) is 0.500. The molecule has 3 heterocycles. The average Bonchev–Trinajstić information content (AvgIpc) is 2.62. The van der Waals surface area contributed by atoms with E-state index in [1.807, 2.05) is 12.1 Å². The normalized spacial score (nSPS) is 17.2. The van der Waals surface area contributed by atoms with Gasteiger partial charge in [0.1, 0.15) is 5.82 Å². The van der Waals surface area contributed by atoms with Gasteiger partial charge >= 0.3 is 0 Å². The molecule has 2 N–H and O–H groups in total. The summed E-state index contributed by atoms with van der Waals surface area (Å²) in [4.78, 5) is 33.4. The lowest BCUT2D eigenvalue weighted by Gasteiger charge is -2.33. The number of nitrogens with one attached hydrogen (secondary N) is 2. The van der Waals surface area contributed by atoms with Gasteiger partial charge in [-0.15, -0.1) is 5.10 Å². The summed E-state index contributed by atoms with van der Waals surface area (Å²) in [6.45, 7) is 5.18. The SMILES string of the molecule is Cc1nc(C)c(CCC(=O)NC2CCCN(c3cccnn3)C2)c(=O)[nH]1. The maximum absolute atomic E-state index is 12.3. The summed E-state index contributed by atoms with van der Waals surface area (Å²) in [5, 5.41) is 11.1. The Morgan fingerprint density at radius 2 is 2.27 bits per heavy atom. The van der Waals surface area contributed by atoms with Crippen LogP contribution in [0.4, 0.5) is 5.82 Å². The van der Waals surface area contributed by atoms with Gasteiger partial charge in [-0.3, -0.25) is 9.59 Å². The molecular formula is C18H24N6O2. The lowest BCUT2D eigenvalue weighted by atomic mass is 10.0. The van der Waals surface area contributed by atoms with Gasteiger partial charge in [0, 0.05) is 43.0 Å². The summed E-state index contributed by atoms with van der Waals surface area (Å²) in [6, 6.07) is 3.87. The Hall–Kier alpha value is -2.77. The number of aromatic amines is 1. The number of carbonyl (C=O) groups is 1. The predicted molar refractivity (Wildman–Crippen MR) is 98.1 cm³/mol. The van der Waals surface area contributed by atoms with E-state index in [0.29, 0.717) is 23.5 Å². The van der Waals surface area contributed by atoms with Crippen molar-refractivity contribution >= 4 is 11.7 Å². The molecule has 2 aromatic rings. The van der Waals surface area contributed by atoms with E-state index < -0.39 is 0 Å². The Morgan fingerprint density at radius 3 is 3.00 bits per heavy atom. The number of carbonyl (C=O) groups excluding carboxylic acids is 1. The van der Waals surface area contributed by atoms with Crippen molar-refractivity contribution in [3.63, 3.8) is 0 Å². The molecule has 1 aliphatic heterocycles. The topological polar surface area (TPSA) is 104 Å². The minimum Gasteiger partial charge on any atom is -0.353 e. The Bertz CT molecular complexity index is 820. The van der Waals surface area contributed by atoms with E-state index >= 15 is 0 Å². The highest BCUT2D eigenvalue weighted by Crippen LogP contribution is 2.16. The molecule has 1 unspecified atom stereocenters. The van der Waals surface area contributed by atoms with Crippen molar-refractivity contribution < 1.29 is 4.79 Å². The van der Waals surface area contributed by atoms with Crippen LogP contribution in [0.1, 0.15) is 36.3 Å². The summed E-state index contributed by atoms with van der Waals surface area (Å²) in [5.74, 6) is 1.38. The van der Waals surface area contributed by atoms with Crippen LogP contribution in [0.5, 0.6) is 0 Å². The second kappa shape index (κ2) is 8.07. The fourth-order valence-electron chi connectivity index (χ4n) is 3.35. The van der Waals surface area contributed by atoms with Gasteiger partial charge in [-0.1, -0.05) is 0 Å². The number of H-pyrrole nitrogens is 1. The predicted octanol–water partition coefficient (Wildman–Crippen LogP) is 0.895. The van der Waals surface area contributed by atoms with Crippen LogP contribution in [0, 0.1) is 13.8 Å². The highest BCUT2D eigenvalue weighted by Gasteiger charge is 2.22. The zero-order chi connectivity index (χ0) is 18.5. The zero-order valence-corrected chi connectivity index (χ0v) is 15.2. The number of piperidine rings is 1. The van der Waals surface area contributed by atoms with Crippen molar-refractivity contribution in [2.45, 2.75) is 45.6 Å². The van der Waals surface area contributed by atoms with Gasteiger partial charge < -0.3 is 15.2 Å². The minimum atomic E-state index is -0.158. The van der Waals surface area contributed by atoms with E-state index in [4.69, 9.17) is 0 Å². The Labute approximate surface area is 152 Å². The van der Waals surface area contributed by atoms with Gasteiger partial charge in [-0.25, -0.2) is 4.98 Å². The average molecular weight is 356 g/mol. The van der Waals surface area contributed by atoms with Crippen molar-refractivity contribution in [3.8, 4) is 0 Å². The molecule has 1 aliphatic rings. The maximum atomic E-state index is 12.3. The van der Waals surface area contributed by atoms with Crippen LogP contribution in [0.3, 0.4) is 0 Å². The van der Waals surface area contributed by atoms with Crippen LogP contribution in [-0.2, 0) is 11.2 Å². The van der Waals surface area contributed by atoms with Crippen LogP contribution in [0.15, 0.2) is 23.1 Å². The number of nitrogens with zero attached hydrogens (tertiary/aromatic N) is 4. The number of amides is 1. The van der Waals surface area contributed by atoms with Gasteiger partial charge in [-0.2, -0.15) is 5.10 Å². The second-order valence-corrected chi connectivity index (χ2v) is 6.65. The lowest BCUT2D eigenvalue weighted by molar-refractivity contribution is -0.121. The van der Waals surface area contributed by atoms with Crippen LogP contribution >= 0.6 is 0 Å². The van der Waals surface area contributed by atoms with Crippen LogP contribution in [-0.4, -0.2) is 45.2 Å². The van der Waals surface area contributed by atoms with Gasteiger partial charge in [0.2, 0.25) is 5.91 Å². The molecule has 1 amide bonds. The Balaban J connectivity index is 1.54. The van der Waals surface area contributed by atoms with Gasteiger partial charge in [0.25, 0.3) is 5.56 Å². The number of aryl methyl sites for hydroxylation is 2. The first-order valence-corrected chi connectivity index (χ1v) is 8.91. The standard InChI is InChI=1S/C18H24N6O2/c1-12-15(18(26)21-13(2)20-12)7-8-17(25)22-14-5-4-10-24(11-14)16-6-3-9-19-23-16/h3,6,9,14H,4-5,7-8,10-11H2,1-2H3,(H,22,25)(H,20,21,26). The number of hydrogen-bond acceptors (Lipinski definition) is 6. The van der Waals surface area contributed by atoms with Crippen molar-refractivity contribution in [1.29, 1.82) is 0 Å². The number of hydrogen-bond donors (Lipinski definition) is 2. The van der Waals surface area contributed by atoms with Gasteiger partial charge in [-0.05, 0) is 45.2 Å². The third-order valence-electron chi connectivity index (χ3n) is 4.61. The molecule has 0 aliphatic carbocycles. The van der Waals surface area contributed by atoms with E-state index in [-0.39, 0.29) is 23.9 Å². The molecule has 0 radical (unpaired) electrons. The molecule has 0 spiro atoms.